The largest absolute Gasteiger partial charge is 0.493 e. The van der Waals surface area contributed by atoms with Crippen LogP contribution in [-0.4, -0.2) is 64.8 Å². The van der Waals surface area contributed by atoms with Crippen molar-refractivity contribution in [3.63, 3.8) is 0 Å². The fraction of sp³-hybridized carbons (Fsp3) is 0.733. The molecule has 8 heteroatoms. The van der Waals surface area contributed by atoms with Crippen LogP contribution in [-0.2, 0) is 20.7 Å². The number of ether oxygens (including phenoxy) is 3. The van der Waals surface area contributed by atoms with Crippen molar-refractivity contribution in [3.8, 4) is 11.5 Å². The van der Waals surface area contributed by atoms with Crippen molar-refractivity contribution < 1.29 is 23.8 Å². The minimum Gasteiger partial charge on any atom is -0.493 e. The molecule has 7 nitrogen and oxygen atoms in total. The number of hydrogen-bond donors (Lipinski definition) is 1. The molecule has 0 unspecified atom stereocenters. The van der Waals surface area contributed by atoms with Crippen molar-refractivity contribution in [2.45, 2.75) is 79.1 Å². The average molecular weight is 557 g/mol. The number of rotatable bonds is 19. The maximum Gasteiger partial charge on any atom is 0.226 e. The van der Waals surface area contributed by atoms with E-state index in [9.17, 15) is 9.59 Å². The highest BCUT2D eigenvalue weighted by molar-refractivity contribution is 5.85. The Hall–Kier alpha value is -1.99. The van der Waals surface area contributed by atoms with E-state index in [2.05, 4.69) is 45.1 Å². The quantitative estimate of drug-likeness (QED) is 0.214. The van der Waals surface area contributed by atoms with E-state index in [1.807, 2.05) is 6.07 Å². The second-order valence-corrected chi connectivity index (χ2v) is 10.7. The maximum absolute atomic E-state index is 13.3. The Balaban J connectivity index is 0.0000137. The zero-order valence-corrected chi connectivity index (χ0v) is 25.9. The Kier molecular flexibility index (Phi) is 18.1. The molecular weight excluding hydrogens is 504 g/mol. The van der Waals surface area contributed by atoms with E-state index in [0.717, 1.165) is 56.4 Å². The van der Waals surface area contributed by atoms with Crippen molar-refractivity contribution in [2.75, 3.05) is 48.1 Å². The Labute approximate surface area is 237 Å². The molecule has 38 heavy (non-hydrogen) atoms. The Morgan fingerprint density at radius 1 is 0.921 bits per heavy atom. The highest BCUT2D eigenvalue weighted by atomic mass is 35.5. The van der Waals surface area contributed by atoms with Crippen LogP contribution in [0.15, 0.2) is 18.2 Å². The predicted molar refractivity (Wildman–Crippen MR) is 157 cm³/mol. The lowest BCUT2D eigenvalue weighted by Crippen LogP contribution is -2.48. The molecule has 0 aliphatic heterocycles. The summed E-state index contributed by atoms with van der Waals surface area (Å²) in [4.78, 5) is 26.8. The highest BCUT2D eigenvalue weighted by Gasteiger charge is 2.43. The fourth-order valence-corrected chi connectivity index (χ4v) is 5.03. The van der Waals surface area contributed by atoms with E-state index in [4.69, 9.17) is 14.2 Å². The first-order valence-electron chi connectivity index (χ1n) is 13.9. The minimum absolute atomic E-state index is 0. The van der Waals surface area contributed by atoms with Crippen molar-refractivity contribution in [1.82, 2.24) is 10.2 Å². The molecule has 0 atom stereocenters. The Bertz CT molecular complexity index is 806. The summed E-state index contributed by atoms with van der Waals surface area (Å²) in [6, 6.07) is 6.17. The molecule has 1 aromatic carbocycles. The third-order valence-corrected chi connectivity index (χ3v) is 7.39. The van der Waals surface area contributed by atoms with Gasteiger partial charge in [0.25, 0.3) is 0 Å². The summed E-state index contributed by atoms with van der Waals surface area (Å²) in [6.45, 7) is 10.2. The van der Waals surface area contributed by atoms with E-state index in [-0.39, 0.29) is 36.1 Å². The fourth-order valence-electron chi connectivity index (χ4n) is 5.03. The van der Waals surface area contributed by atoms with Gasteiger partial charge < -0.3 is 24.4 Å². The second-order valence-electron chi connectivity index (χ2n) is 10.7. The molecule has 1 N–H and O–H groups in total. The molecule has 0 fully saturated rings. The SMILES string of the molecule is COCCCOc1cc(CCCCCCC(C(=O)NCCC(=O)N(C)C)(C(C)C)C(C)C)ccc1OC.Cl. The van der Waals surface area contributed by atoms with Gasteiger partial charge >= 0.3 is 0 Å². The standard InChI is InChI=1S/C30H52N2O5.ClH/c1-23(2)30(24(3)4,29(34)31-19-17-28(33)32(5)6)18-12-10-9-11-14-25-15-16-26(36-8)27(22-25)37-21-13-20-35-7;/h15-16,22-24H,9-14,17-21H2,1-8H3,(H,31,34);1H. The van der Waals surface area contributed by atoms with Crippen LogP contribution in [0.1, 0.15) is 78.2 Å². The summed E-state index contributed by atoms with van der Waals surface area (Å²) in [5.41, 5.74) is 0.819. The third kappa shape index (κ3) is 11.4. The van der Waals surface area contributed by atoms with Crippen molar-refractivity contribution in [2.24, 2.45) is 17.3 Å². The number of methoxy groups -OCH3 is 2. The number of aryl methyl sites for hydroxylation is 1. The number of nitrogens with zero attached hydrogens (tertiary/aromatic N) is 1. The van der Waals surface area contributed by atoms with Gasteiger partial charge in [-0.05, 0) is 48.8 Å². The lowest BCUT2D eigenvalue weighted by atomic mass is 9.65. The molecule has 1 aromatic rings. The van der Waals surface area contributed by atoms with Gasteiger partial charge in [0, 0.05) is 47.2 Å². The molecule has 2 amide bonds. The van der Waals surface area contributed by atoms with Crippen LogP contribution in [0.3, 0.4) is 0 Å². The van der Waals surface area contributed by atoms with Gasteiger partial charge in [-0.3, -0.25) is 9.59 Å². The van der Waals surface area contributed by atoms with Gasteiger partial charge in [-0.1, -0.05) is 53.0 Å². The van der Waals surface area contributed by atoms with E-state index in [1.54, 1.807) is 33.2 Å². The summed E-state index contributed by atoms with van der Waals surface area (Å²) in [7, 11) is 6.83. The van der Waals surface area contributed by atoms with Gasteiger partial charge in [0.05, 0.1) is 19.1 Å². The normalized spacial score (nSPS) is 11.3. The van der Waals surface area contributed by atoms with Crippen LogP contribution >= 0.6 is 12.4 Å². The van der Waals surface area contributed by atoms with Crippen LogP contribution in [0, 0.1) is 17.3 Å². The number of halogens is 1. The number of unbranched alkanes of at least 4 members (excludes halogenated alkanes) is 3. The van der Waals surface area contributed by atoms with Crippen LogP contribution < -0.4 is 14.8 Å². The Morgan fingerprint density at radius 3 is 2.16 bits per heavy atom. The zero-order valence-electron chi connectivity index (χ0n) is 25.1. The molecule has 1 rings (SSSR count). The molecule has 0 radical (unpaired) electrons. The third-order valence-electron chi connectivity index (χ3n) is 7.39. The van der Waals surface area contributed by atoms with Crippen molar-refractivity contribution in [3.05, 3.63) is 23.8 Å². The zero-order chi connectivity index (χ0) is 27.8. The number of carbonyl (C=O) groups is 2. The molecule has 0 aliphatic carbocycles. The van der Waals surface area contributed by atoms with Gasteiger partial charge in [-0.2, -0.15) is 0 Å². The predicted octanol–water partition coefficient (Wildman–Crippen LogP) is 5.92. The topological polar surface area (TPSA) is 77.1 Å². The molecule has 0 aromatic heterocycles. The van der Waals surface area contributed by atoms with Crippen LogP contribution in [0.2, 0.25) is 0 Å². The molecule has 220 valence electrons. The van der Waals surface area contributed by atoms with Gasteiger partial charge in [0.2, 0.25) is 11.8 Å². The summed E-state index contributed by atoms with van der Waals surface area (Å²) in [6.07, 6.45) is 7.31. The number of carbonyl (C=O) groups excluding carboxylic acids is 2. The summed E-state index contributed by atoms with van der Waals surface area (Å²) in [5.74, 6) is 2.09. The van der Waals surface area contributed by atoms with Gasteiger partial charge in [0.1, 0.15) is 0 Å². The highest BCUT2D eigenvalue weighted by Crippen LogP contribution is 2.41. The minimum atomic E-state index is -0.424. The van der Waals surface area contributed by atoms with Gasteiger partial charge in [0.15, 0.2) is 11.5 Å². The first-order chi connectivity index (χ1) is 17.6. The van der Waals surface area contributed by atoms with E-state index in [1.165, 1.54) is 5.56 Å². The van der Waals surface area contributed by atoms with Crippen molar-refractivity contribution in [1.29, 1.82) is 0 Å². The van der Waals surface area contributed by atoms with Crippen LogP contribution in [0.4, 0.5) is 0 Å². The maximum atomic E-state index is 13.3. The summed E-state index contributed by atoms with van der Waals surface area (Å²) < 4.78 is 16.4. The van der Waals surface area contributed by atoms with E-state index in [0.29, 0.717) is 26.2 Å². The summed E-state index contributed by atoms with van der Waals surface area (Å²) >= 11 is 0. The molecule has 0 saturated carbocycles. The monoisotopic (exact) mass is 556 g/mol. The second kappa shape index (κ2) is 19.1. The number of hydrogen-bond acceptors (Lipinski definition) is 5. The van der Waals surface area contributed by atoms with Crippen LogP contribution in [0.25, 0.3) is 0 Å². The molecule has 0 heterocycles. The molecular formula is C30H53ClN2O5. The van der Waals surface area contributed by atoms with E-state index < -0.39 is 5.41 Å². The van der Waals surface area contributed by atoms with E-state index >= 15 is 0 Å². The lowest BCUT2D eigenvalue weighted by Gasteiger charge is -2.40. The molecule has 0 aliphatic rings. The Morgan fingerprint density at radius 2 is 1.58 bits per heavy atom. The first-order valence-corrected chi connectivity index (χ1v) is 13.9. The van der Waals surface area contributed by atoms with Gasteiger partial charge in [-0.15, -0.1) is 12.4 Å². The summed E-state index contributed by atoms with van der Waals surface area (Å²) in [5, 5.41) is 3.07. The molecule has 0 spiro atoms. The number of benzene rings is 1. The average Bonchev–Trinajstić information content (AvgIpc) is 2.85. The van der Waals surface area contributed by atoms with Gasteiger partial charge in [-0.25, -0.2) is 0 Å². The number of nitrogens with one attached hydrogen (secondary N) is 1. The van der Waals surface area contributed by atoms with Crippen LogP contribution in [0.5, 0.6) is 11.5 Å². The lowest BCUT2D eigenvalue weighted by molar-refractivity contribution is -0.138. The molecule has 0 bridgehead atoms. The smallest absolute Gasteiger partial charge is 0.226 e. The number of amides is 2. The molecule has 0 saturated heterocycles. The van der Waals surface area contributed by atoms with Crippen molar-refractivity contribution >= 4 is 24.2 Å². The first kappa shape index (κ1) is 36.0.